The van der Waals surface area contributed by atoms with Gasteiger partial charge in [0.1, 0.15) is 5.60 Å². The van der Waals surface area contributed by atoms with E-state index in [2.05, 4.69) is 33.9 Å². The van der Waals surface area contributed by atoms with E-state index in [-0.39, 0.29) is 11.1 Å². The number of carbonyl (C=O) groups excluding carboxylic acids is 1. The van der Waals surface area contributed by atoms with Gasteiger partial charge in [-0.3, -0.25) is 15.0 Å². The van der Waals surface area contributed by atoms with Gasteiger partial charge in [0.2, 0.25) is 6.20 Å². The third-order valence-corrected chi connectivity index (χ3v) is 9.18. The summed E-state index contributed by atoms with van der Waals surface area (Å²) in [6.45, 7) is 16.5. The van der Waals surface area contributed by atoms with Crippen LogP contribution in [0.2, 0.25) is 18.1 Å². The maximum Gasteiger partial charge on any atom is 0.410 e. The Morgan fingerprint density at radius 2 is 1.80 bits per heavy atom. The molecule has 0 N–H and O–H groups in total. The molecule has 0 spiro atoms. The van der Waals surface area contributed by atoms with Gasteiger partial charge < -0.3 is 9.16 Å². The Balaban J connectivity index is 3.03. The second-order valence-electron chi connectivity index (χ2n) is 9.00. The molecule has 0 bridgehead atoms. The van der Waals surface area contributed by atoms with Gasteiger partial charge in [0.25, 0.3) is 0 Å². The van der Waals surface area contributed by atoms with Gasteiger partial charge in [-0.1, -0.05) is 20.8 Å². The summed E-state index contributed by atoms with van der Waals surface area (Å²) in [6.07, 6.45) is 2.24. The normalized spacial score (nSPS) is 22.5. The zero-order chi connectivity index (χ0) is 19.6. The Labute approximate surface area is 151 Å². The van der Waals surface area contributed by atoms with Crippen LogP contribution >= 0.6 is 0 Å². The molecule has 0 unspecified atom stereocenters. The van der Waals surface area contributed by atoms with Crippen LogP contribution in [0, 0.1) is 10.1 Å². The van der Waals surface area contributed by atoms with Gasteiger partial charge in [0.15, 0.2) is 8.32 Å². The molecule has 1 rings (SSSR count). The fourth-order valence-corrected chi connectivity index (χ4v) is 3.76. The molecule has 1 heterocycles. The van der Waals surface area contributed by atoms with Gasteiger partial charge in [-0.2, -0.15) is 0 Å². The van der Waals surface area contributed by atoms with Gasteiger partial charge in [0, 0.05) is 12.6 Å². The van der Waals surface area contributed by atoms with Crippen LogP contribution in [0.3, 0.4) is 0 Å². The number of hydrogen-bond donors (Lipinski definition) is 0. The Kier molecular flexibility index (Phi) is 6.45. The maximum atomic E-state index is 12.5. The van der Waals surface area contributed by atoms with Crippen LogP contribution in [-0.4, -0.2) is 48.5 Å². The van der Waals surface area contributed by atoms with Crippen molar-refractivity contribution in [1.82, 2.24) is 4.90 Å². The van der Waals surface area contributed by atoms with E-state index in [1.807, 2.05) is 0 Å². The Hall–Kier alpha value is -1.41. The van der Waals surface area contributed by atoms with Crippen molar-refractivity contribution in [2.24, 2.45) is 0 Å². The standard InChI is InChI=1S/C17H32N2O5Si/c1-16(2,3)23-15(20)18-11-10-14(13(18)9-12-19(21)22)24-25(7,8)17(4,5)6/h9,12-14H,10-11H2,1-8H3/t13-,14+/m1/s1. The highest BCUT2D eigenvalue weighted by molar-refractivity contribution is 6.74. The lowest BCUT2D eigenvalue weighted by Gasteiger charge is -2.39. The average Bonchev–Trinajstić information content (AvgIpc) is 2.75. The van der Waals surface area contributed by atoms with Crippen molar-refractivity contribution in [2.75, 3.05) is 6.54 Å². The third kappa shape index (κ3) is 6.11. The third-order valence-electron chi connectivity index (χ3n) is 4.68. The number of carbonyl (C=O) groups is 1. The summed E-state index contributed by atoms with van der Waals surface area (Å²) < 4.78 is 11.9. The largest absolute Gasteiger partial charge is 0.444 e. The van der Waals surface area contributed by atoms with E-state index in [4.69, 9.17) is 9.16 Å². The monoisotopic (exact) mass is 372 g/mol. The molecular formula is C17H32N2O5Si. The molecule has 25 heavy (non-hydrogen) atoms. The van der Waals surface area contributed by atoms with Crippen LogP contribution in [-0.2, 0) is 9.16 Å². The fraction of sp³-hybridized carbons (Fsp3) is 0.824. The minimum Gasteiger partial charge on any atom is -0.444 e. The highest BCUT2D eigenvalue weighted by Gasteiger charge is 2.45. The summed E-state index contributed by atoms with van der Waals surface area (Å²) in [4.78, 5) is 24.3. The van der Waals surface area contributed by atoms with Gasteiger partial charge in [-0.05, 0) is 45.3 Å². The van der Waals surface area contributed by atoms with Crippen molar-refractivity contribution in [2.45, 2.75) is 83.8 Å². The van der Waals surface area contributed by atoms with Gasteiger partial charge >= 0.3 is 6.09 Å². The van der Waals surface area contributed by atoms with E-state index in [0.717, 1.165) is 6.20 Å². The molecule has 144 valence electrons. The van der Waals surface area contributed by atoms with Crippen LogP contribution in [0.25, 0.3) is 0 Å². The van der Waals surface area contributed by atoms with Crippen LogP contribution in [0.4, 0.5) is 4.79 Å². The first-order valence-electron chi connectivity index (χ1n) is 8.63. The molecule has 2 atom stereocenters. The number of ether oxygens (including phenoxy) is 1. The van der Waals surface area contributed by atoms with Crippen LogP contribution in [0.15, 0.2) is 12.3 Å². The van der Waals surface area contributed by atoms with Crippen LogP contribution in [0.1, 0.15) is 48.0 Å². The van der Waals surface area contributed by atoms with E-state index in [1.165, 1.54) is 11.0 Å². The zero-order valence-corrected chi connectivity index (χ0v) is 17.7. The van der Waals surface area contributed by atoms with Crippen LogP contribution < -0.4 is 0 Å². The number of nitro groups is 1. The van der Waals surface area contributed by atoms with Crippen molar-refractivity contribution < 1.29 is 18.9 Å². The number of hydrogen-bond acceptors (Lipinski definition) is 5. The first-order chi connectivity index (χ1) is 11.1. The van der Waals surface area contributed by atoms with Crippen molar-refractivity contribution >= 4 is 14.4 Å². The van der Waals surface area contributed by atoms with E-state index in [0.29, 0.717) is 13.0 Å². The zero-order valence-electron chi connectivity index (χ0n) is 16.7. The number of likely N-dealkylation sites (tertiary alicyclic amines) is 1. The molecule has 0 aromatic heterocycles. The summed E-state index contributed by atoms with van der Waals surface area (Å²) >= 11 is 0. The molecule has 0 aromatic rings. The molecule has 1 amide bonds. The topological polar surface area (TPSA) is 81.9 Å². The van der Waals surface area contributed by atoms with E-state index in [9.17, 15) is 14.9 Å². The van der Waals surface area contributed by atoms with E-state index >= 15 is 0 Å². The molecule has 0 aromatic carbocycles. The number of rotatable bonds is 4. The second kappa shape index (κ2) is 7.45. The molecule has 0 radical (unpaired) electrons. The fourth-order valence-electron chi connectivity index (χ4n) is 2.39. The average molecular weight is 373 g/mol. The predicted octanol–water partition coefficient (Wildman–Crippen LogP) is 4.18. The lowest BCUT2D eigenvalue weighted by molar-refractivity contribution is -0.402. The first kappa shape index (κ1) is 21.6. The van der Waals surface area contributed by atoms with Gasteiger partial charge in [-0.25, -0.2) is 4.79 Å². The molecule has 1 aliphatic heterocycles. The van der Waals surface area contributed by atoms with E-state index in [1.54, 1.807) is 20.8 Å². The molecule has 1 aliphatic rings. The van der Waals surface area contributed by atoms with E-state index < -0.39 is 31.0 Å². The predicted molar refractivity (Wildman–Crippen MR) is 99.5 cm³/mol. The highest BCUT2D eigenvalue weighted by Crippen LogP contribution is 2.39. The number of amides is 1. The summed E-state index contributed by atoms with van der Waals surface area (Å²) in [5, 5.41) is 10.8. The minimum absolute atomic E-state index is 0.0176. The minimum atomic E-state index is -2.06. The van der Waals surface area contributed by atoms with Gasteiger partial charge in [0.05, 0.1) is 17.1 Å². The Bertz CT molecular complexity index is 534. The van der Waals surface area contributed by atoms with Crippen molar-refractivity contribution in [3.8, 4) is 0 Å². The van der Waals surface area contributed by atoms with Crippen molar-refractivity contribution in [3.63, 3.8) is 0 Å². The first-order valence-corrected chi connectivity index (χ1v) is 11.5. The lowest BCUT2D eigenvalue weighted by atomic mass is 10.1. The molecule has 0 aliphatic carbocycles. The van der Waals surface area contributed by atoms with Gasteiger partial charge in [-0.15, -0.1) is 0 Å². The Morgan fingerprint density at radius 1 is 1.24 bits per heavy atom. The number of nitrogens with zero attached hydrogens (tertiary/aromatic N) is 2. The van der Waals surface area contributed by atoms with Crippen molar-refractivity contribution in [3.05, 3.63) is 22.4 Å². The quantitative estimate of drug-likeness (QED) is 0.420. The second-order valence-corrected chi connectivity index (χ2v) is 13.8. The Morgan fingerprint density at radius 3 is 2.24 bits per heavy atom. The SMILES string of the molecule is CC(C)(C)OC(=O)N1CC[C@H](O[Si](C)(C)C(C)(C)C)[C@H]1C=C[N+](=O)[O-]. The molecule has 8 heteroatoms. The summed E-state index contributed by atoms with van der Waals surface area (Å²) in [7, 11) is -2.06. The molecule has 1 saturated heterocycles. The maximum absolute atomic E-state index is 12.5. The molecular weight excluding hydrogens is 340 g/mol. The summed E-state index contributed by atoms with van der Waals surface area (Å²) in [5.74, 6) is 0. The summed E-state index contributed by atoms with van der Waals surface area (Å²) in [5.41, 5.74) is -0.618. The van der Waals surface area contributed by atoms with Crippen molar-refractivity contribution in [1.29, 1.82) is 0 Å². The highest BCUT2D eigenvalue weighted by atomic mass is 28.4. The van der Waals surface area contributed by atoms with Crippen LogP contribution in [0.5, 0.6) is 0 Å². The lowest BCUT2D eigenvalue weighted by Crippen LogP contribution is -2.48. The smallest absolute Gasteiger partial charge is 0.410 e. The molecule has 0 saturated carbocycles. The molecule has 1 fully saturated rings. The summed E-state index contributed by atoms with van der Waals surface area (Å²) in [6, 6.07) is -0.491. The molecule has 7 nitrogen and oxygen atoms in total.